The molecule has 6 heteroatoms. The molecule has 0 saturated heterocycles. The van der Waals surface area contributed by atoms with Gasteiger partial charge in [-0.05, 0) is 58.1 Å². The van der Waals surface area contributed by atoms with Crippen LogP contribution in [0, 0.1) is 12.1 Å². The molecule has 4 heterocycles. The Morgan fingerprint density at radius 1 is 0.652 bits per heavy atom. The van der Waals surface area contributed by atoms with Gasteiger partial charge in [0.1, 0.15) is 5.82 Å². The van der Waals surface area contributed by atoms with Crippen molar-refractivity contribution in [2.24, 2.45) is 0 Å². The van der Waals surface area contributed by atoms with Crippen LogP contribution >= 0.6 is 0 Å². The molecule has 0 aliphatic carbocycles. The van der Waals surface area contributed by atoms with Crippen LogP contribution in [0.4, 0.5) is 0 Å². The van der Waals surface area contributed by atoms with E-state index < -0.39 is 0 Å². The quantitative estimate of drug-likeness (QED) is 0.106. The summed E-state index contributed by atoms with van der Waals surface area (Å²) in [5.74, 6) is 2.06. The smallest absolute Gasteiger partial charge is 0.503 e. The third-order valence-electron chi connectivity index (χ3n) is 8.75. The molecule has 5 nitrogen and oxygen atoms in total. The molecular weight excluding hydrogens is 659 g/mol. The van der Waals surface area contributed by atoms with Gasteiger partial charge in [-0.2, -0.15) is 6.07 Å². The van der Waals surface area contributed by atoms with Crippen molar-refractivity contribution in [2.75, 3.05) is 0 Å². The van der Waals surface area contributed by atoms with E-state index in [0.717, 1.165) is 60.6 Å². The average molecular weight is 687 g/mol. The summed E-state index contributed by atoms with van der Waals surface area (Å²) in [6, 6.07) is 44.8. The molecule has 0 fully saturated rings. The number of benzene rings is 5. The zero-order valence-electron chi connectivity index (χ0n) is 25.5. The average Bonchev–Trinajstić information content (AvgIpc) is 3.61. The first-order valence-corrected chi connectivity index (χ1v) is 15.2. The number of nitrogens with zero attached hydrogens (tertiary/aromatic N) is 4. The van der Waals surface area contributed by atoms with E-state index in [0.29, 0.717) is 11.5 Å². The van der Waals surface area contributed by atoms with Crippen LogP contribution < -0.4 is 4.74 Å². The summed E-state index contributed by atoms with van der Waals surface area (Å²) in [6.45, 7) is 6.75. The second-order valence-corrected chi connectivity index (χ2v) is 12.6. The topological polar surface area (TPSA) is 44.3 Å². The van der Waals surface area contributed by atoms with Crippen molar-refractivity contribution >= 4 is 60.2 Å². The number of pyridine rings is 2. The first kappa shape index (κ1) is 28.5. The molecule has 0 amide bonds. The number of aromatic nitrogens is 4. The molecule has 5 aromatic carbocycles. The summed E-state index contributed by atoms with van der Waals surface area (Å²) in [7, 11) is 0. The van der Waals surface area contributed by atoms with Gasteiger partial charge in [-0.1, -0.05) is 91.7 Å². The largest absolute Gasteiger partial charge is 2.00 e. The van der Waals surface area contributed by atoms with E-state index in [2.05, 4.69) is 120 Å². The molecule has 0 N–H and O–H groups in total. The van der Waals surface area contributed by atoms with Crippen LogP contribution in [-0.4, -0.2) is 18.9 Å². The molecule has 9 aromatic rings. The summed E-state index contributed by atoms with van der Waals surface area (Å²) >= 11 is 0. The van der Waals surface area contributed by atoms with Gasteiger partial charge >= 0.3 is 20.4 Å². The summed E-state index contributed by atoms with van der Waals surface area (Å²) < 4.78 is 10.9. The summed E-state index contributed by atoms with van der Waals surface area (Å²) in [5, 5.41) is 5.43. The van der Waals surface area contributed by atoms with Crippen LogP contribution in [0.15, 0.2) is 115 Å². The minimum atomic E-state index is 0. The summed E-state index contributed by atoms with van der Waals surface area (Å²) in [6.07, 6.45) is 1.81. The molecule has 0 saturated carbocycles. The Morgan fingerprint density at radius 2 is 1.39 bits per heavy atom. The second-order valence-electron chi connectivity index (χ2n) is 12.6. The number of fused-ring (bicyclic) bond motifs is 11. The number of imidazole rings is 1. The van der Waals surface area contributed by atoms with Gasteiger partial charge in [0.25, 0.3) is 0 Å². The van der Waals surface area contributed by atoms with Crippen LogP contribution in [0.25, 0.3) is 66.0 Å². The Balaban J connectivity index is 0.00000312. The van der Waals surface area contributed by atoms with Crippen molar-refractivity contribution in [3.63, 3.8) is 0 Å². The standard InChI is InChI=1S/C40H28N4O.Pd/c1-40(2,3)25-15-20-35-31(22-25)28-18-16-26(23-32(28)39-42-33-11-5-7-13-36(33)44(35)39)45-27-17-19-30-29-10-4-6-12-34(29)43(37(30)24-27)38-14-8-9-21-41-38;/h4-22H,1-3H3;/q-2;+2. The zero-order valence-corrected chi connectivity index (χ0v) is 27.0. The monoisotopic (exact) mass is 686 g/mol. The molecule has 0 aliphatic rings. The van der Waals surface area contributed by atoms with Gasteiger partial charge in [0, 0.05) is 28.7 Å². The van der Waals surface area contributed by atoms with E-state index >= 15 is 0 Å². The van der Waals surface area contributed by atoms with Crippen LogP contribution in [0.3, 0.4) is 0 Å². The van der Waals surface area contributed by atoms with Gasteiger partial charge in [-0.3, -0.25) is 4.98 Å². The number of rotatable bonds is 3. The fraction of sp³-hybridized carbons (Fsp3) is 0.100. The molecule has 0 unspecified atom stereocenters. The van der Waals surface area contributed by atoms with Gasteiger partial charge < -0.3 is 13.7 Å². The summed E-state index contributed by atoms with van der Waals surface area (Å²) in [5.41, 5.74) is 7.31. The molecule has 224 valence electrons. The van der Waals surface area contributed by atoms with Crippen LogP contribution in [-0.2, 0) is 25.8 Å². The number of ether oxygens (including phenoxy) is 1. The van der Waals surface area contributed by atoms with Gasteiger partial charge in [-0.25, -0.2) is 4.98 Å². The SMILES string of the molecule is CC(C)(C)c1ccc2c(c1)c1ccc(Oc3[c-]c4c(cc3)c3ccccc3n4-c3ccccn3)[c-]c1c1nc3ccccc3n21.[Pd+2]. The Kier molecular flexibility index (Phi) is 6.51. The first-order valence-electron chi connectivity index (χ1n) is 15.2. The predicted octanol–water partition coefficient (Wildman–Crippen LogP) is 9.97. The van der Waals surface area contributed by atoms with Gasteiger partial charge in [0.15, 0.2) is 0 Å². The van der Waals surface area contributed by atoms with Crippen molar-refractivity contribution in [1.29, 1.82) is 0 Å². The molecule has 0 spiro atoms. The van der Waals surface area contributed by atoms with E-state index in [4.69, 9.17) is 9.72 Å². The Labute approximate surface area is 279 Å². The minimum absolute atomic E-state index is 0. The van der Waals surface area contributed by atoms with Gasteiger partial charge in [-0.15, -0.1) is 29.7 Å². The maximum atomic E-state index is 6.51. The van der Waals surface area contributed by atoms with Crippen molar-refractivity contribution in [1.82, 2.24) is 18.9 Å². The van der Waals surface area contributed by atoms with E-state index in [-0.39, 0.29) is 25.8 Å². The zero-order chi connectivity index (χ0) is 30.3. The molecule has 9 rings (SSSR count). The van der Waals surface area contributed by atoms with Gasteiger partial charge in [0.2, 0.25) is 0 Å². The van der Waals surface area contributed by atoms with Gasteiger partial charge in [0.05, 0.1) is 16.7 Å². The molecular formula is C40H28N4OPd. The fourth-order valence-corrected chi connectivity index (χ4v) is 6.56. The third kappa shape index (κ3) is 4.33. The Hall–Kier alpha value is -5.02. The van der Waals surface area contributed by atoms with Crippen molar-refractivity contribution in [2.45, 2.75) is 26.2 Å². The molecule has 4 aromatic heterocycles. The maximum Gasteiger partial charge on any atom is 2.00 e. The van der Waals surface area contributed by atoms with E-state index in [1.165, 1.54) is 10.9 Å². The van der Waals surface area contributed by atoms with E-state index in [9.17, 15) is 0 Å². The van der Waals surface area contributed by atoms with E-state index in [1.807, 2.05) is 42.6 Å². The second kappa shape index (κ2) is 10.5. The first-order chi connectivity index (χ1) is 21.9. The van der Waals surface area contributed by atoms with Crippen LogP contribution in [0.5, 0.6) is 11.5 Å². The molecule has 0 atom stereocenters. The normalized spacial score (nSPS) is 12.1. The Morgan fingerprint density at radius 3 is 2.20 bits per heavy atom. The molecule has 0 bridgehead atoms. The number of para-hydroxylation sites is 3. The molecule has 46 heavy (non-hydrogen) atoms. The molecule has 0 radical (unpaired) electrons. The predicted molar refractivity (Wildman–Crippen MR) is 183 cm³/mol. The Bertz CT molecular complexity index is 2610. The molecule has 0 aliphatic heterocycles. The minimum Gasteiger partial charge on any atom is -0.503 e. The van der Waals surface area contributed by atoms with E-state index in [1.54, 1.807) is 0 Å². The van der Waals surface area contributed by atoms with Crippen LogP contribution in [0.1, 0.15) is 26.3 Å². The van der Waals surface area contributed by atoms with Crippen molar-refractivity contribution in [3.8, 4) is 17.3 Å². The number of hydrogen-bond donors (Lipinski definition) is 0. The van der Waals surface area contributed by atoms with Crippen LogP contribution in [0.2, 0.25) is 0 Å². The third-order valence-corrected chi connectivity index (χ3v) is 8.75. The summed E-state index contributed by atoms with van der Waals surface area (Å²) in [4.78, 5) is 9.73. The van der Waals surface area contributed by atoms with Crippen molar-refractivity contribution in [3.05, 3.63) is 133 Å². The fourth-order valence-electron chi connectivity index (χ4n) is 6.56. The maximum absolute atomic E-state index is 6.51. The number of hydrogen-bond acceptors (Lipinski definition) is 3. The van der Waals surface area contributed by atoms with Crippen molar-refractivity contribution < 1.29 is 25.2 Å².